The molecule has 0 aromatic carbocycles. The summed E-state index contributed by atoms with van der Waals surface area (Å²) < 4.78 is 0. The third kappa shape index (κ3) is 7.65. The van der Waals surface area contributed by atoms with Crippen molar-refractivity contribution in [3.05, 3.63) is 0 Å². The van der Waals surface area contributed by atoms with Crippen molar-refractivity contribution in [3.63, 3.8) is 0 Å². The van der Waals surface area contributed by atoms with Gasteiger partial charge in [-0.25, -0.2) is 0 Å². The van der Waals surface area contributed by atoms with Gasteiger partial charge < -0.3 is 16.4 Å². The summed E-state index contributed by atoms with van der Waals surface area (Å²) in [4.78, 5) is 0. The molecule has 0 radical (unpaired) electrons. The summed E-state index contributed by atoms with van der Waals surface area (Å²) >= 11 is 4.59. The van der Waals surface area contributed by atoms with Gasteiger partial charge in [-0.1, -0.05) is 0 Å². The molecule has 0 aliphatic rings. The van der Waals surface area contributed by atoms with Crippen molar-refractivity contribution in [2.24, 2.45) is 5.73 Å². The SMILES string of the molecule is CNCCCNC(N)=S. The highest BCUT2D eigenvalue weighted by Crippen LogP contribution is 1.70. The Hall–Kier alpha value is -0.350. The summed E-state index contributed by atoms with van der Waals surface area (Å²) in [6.07, 6.45) is 1.05. The largest absolute Gasteiger partial charge is 0.376 e. The second-order valence-corrected chi connectivity index (χ2v) is 2.19. The number of hydrogen-bond donors (Lipinski definition) is 3. The Labute approximate surface area is 61.0 Å². The molecule has 0 fully saturated rings. The van der Waals surface area contributed by atoms with Crippen LogP contribution in [-0.2, 0) is 0 Å². The highest BCUT2D eigenvalue weighted by atomic mass is 32.1. The van der Waals surface area contributed by atoms with Crippen molar-refractivity contribution in [2.75, 3.05) is 20.1 Å². The molecule has 0 saturated heterocycles. The lowest BCUT2D eigenvalue weighted by Gasteiger charge is -2.01. The van der Waals surface area contributed by atoms with Crippen LogP contribution in [0.1, 0.15) is 6.42 Å². The van der Waals surface area contributed by atoms with E-state index in [1.807, 2.05) is 7.05 Å². The van der Waals surface area contributed by atoms with Gasteiger partial charge in [-0.15, -0.1) is 0 Å². The molecular weight excluding hydrogens is 134 g/mol. The van der Waals surface area contributed by atoms with Gasteiger partial charge in [0.1, 0.15) is 0 Å². The third-order valence-corrected chi connectivity index (χ3v) is 1.05. The minimum absolute atomic E-state index is 0.381. The van der Waals surface area contributed by atoms with Gasteiger partial charge in [0.2, 0.25) is 0 Å². The van der Waals surface area contributed by atoms with Crippen LogP contribution < -0.4 is 16.4 Å². The van der Waals surface area contributed by atoms with E-state index in [9.17, 15) is 0 Å². The quantitative estimate of drug-likeness (QED) is 0.368. The number of nitrogens with two attached hydrogens (primary N) is 1. The minimum atomic E-state index is 0.381. The minimum Gasteiger partial charge on any atom is -0.376 e. The average Bonchev–Trinajstić information content (AvgIpc) is 1.80. The predicted octanol–water partition coefficient (Wildman–Crippen LogP) is -0.571. The molecule has 0 aliphatic carbocycles. The van der Waals surface area contributed by atoms with E-state index in [0.29, 0.717) is 5.11 Å². The number of thiocarbonyl (C=S) groups is 1. The van der Waals surface area contributed by atoms with Gasteiger partial charge in [-0.2, -0.15) is 0 Å². The first kappa shape index (κ1) is 8.65. The number of rotatable bonds is 4. The fourth-order valence-electron chi connectivity index (χ4n) is 0.477. The van der Waals surface area contributed by atoms with E-state index in [0.717, 1.165) is 19.5 Å². The molecule has 0 heterocycles. The van der Waals surface area contributed by atoms with Crippen LogP contribution in [0.3, 0.4) is 0 Å². The molecule has 0 bridgehead atoms. The maximum atomic E-state index is 5.17. The van der Waals surface area contributed by atoms with E-state index in [-0.39, 0.29) is 0 Å². The van der Waals surface area contributed by atoms with Gasteiger partial charge in [-0.05, 0) is 32.2 Å². The highest BCUT2D eigenvalue weighted by Gasteiger charge is 1.84. The van der Waals surface area contributed by atoms with Gasteiger partial charge in [0.25, 0.3) is 0 Å². The first-order valence-corrected chi connectivity index (χ1v) is 3.36. The Balaban J connectivity index is 2.83. The standard InChI is InChI=1S/C5H13N3S/c1-7-3-2-4-8-5(6)9/h7H,2-4H2,1H3,(H3,6,8,9). The smallest absolute Gasteiger partial charge is 0.163 e. The van der Waals surface area contributed by atoms with Gasteiger partial charge in [0, 0.05) is 6.54 Å². The Morgan fingerprint density at radius 3 is 2.67 bits per heavy atom. The first-order chi connectivity index (χ1) is 4.27. The number of hydrogen-bond acceptors (Lipinski definition) is 2. The Kier molecular flexibility index (Phi) is 5.56. The third-order valence-electron chi connectivity index (χ3n) is 0.903. The van der Waals surface area contributed by atoms with E-state index in [1.165, 1.54) is 0 Å². The summed E-state index contributed by atoms with van der Waals surface area (Å²) in [7, 11) is 1.92. The second-order valence-electron chi connectivity index (χ2n) is 1.75. The van der Waals surface area contributed by atoms with Crippen molar-refractivity contribution in [1.82, 2.24) is 10.6 Å². The molecule has 0 spiro atoms. The van der Waals surface area contributed by atoms with Crippen LogP contribution in [0.15, 0.2) is 0 Å². The van der Waals surface area contributed by atoms with Crippen molar-refractivity contribution >= 4 is 17.3 Å². The van der Waals surface area contributed by atoms with E-state index in [4.69, 9.17) is 5.73 Å². The molecule has 3 nitrogen and oxygen atoms in total. The van der Waals surface area contributed by atoms with Crippen LogP contribution in [0.25, 0.3) is 0 Å². The molecule has 4 heteroatoms. The molecule has 54 valence electrons. The van der Waals surface area contributed by atoms with Crippen LogP contribution in [0.5, 0.6) is 0 Å². The van der Waals surface area contributed by atoms with Gasteiger partial charge in [-0.3, -0.25) is 0 Å². The molecule has 0 aliphatic heterocycles. The lowest BCUT2D eigenvalue weighted by atomic mass is 10.4. The monoisotopic (exact) mass is 147 g/mol. The van der Waals surface area contributed by atoms with Crippen molar-refractivity contribution in [2.45, 2.75) is 6.42 Å². The molecule has 0 unspecified atom stereocenters. The lowest BCUT2D eigenvalue weighted by Crippen LogP contribution is -2.31. The Morgan fingerprint density at radius 2 is 2.22 bits per heavy atom. The first-order valence-electron chi connectivity index (χ1n) is 2.95. The van der Waals surface area contributed by atoms with Crippen molar-refractivity contribution in [1.29, 1.82) is 0 Å². The molecule has 9 heavy (non-hydrogen) atoms. The molecule has 0 aromatic rings. The average molecular weight is 147 g/mol. The summed E-state index contributed by atoms with van der Waals surface area (Å²) in [6.45, 7) is 1.85. The second kappa shape index (κ2) is 5.78. The molecule has 0 atom stereocenters. The van der Waals surface area contributed by atoms with Gasteiger partial charge in [0.05, 0.1) is 0 Å². The van der Waals surface area contributed by atoms with Crippen LogP contribution in [0.2, 0.25) is 0 Å². The van der Waals surface area contributed by atoms with Crippen LogP contribution >= 0.6 is 12.2 Å². The van der Waals surface area contributed by atoms with Crippen molar-refractivity contribution < 1.29 is 0 Å². The van der Waals surface area contributed by atoms with E-state index in [1.54, 1.807) is 0 Å². The zero-order valence-corrected chi connectivity index (χ0v) is 6.42. The summed E-state index contributed by atoms with van der Waals surface area (Å²) in [5, 5.41) is 6.25. The Bertz CT molecular complexity index is 84.3. The van der Waals surface area contributed by atoms with E-state index < -0.39 is 0 Å². The predicted molar refractivity (Wildman–Crippen MR) is 43.3 cm³/mol. The van der Waals surface area contributed by atoms with Gasteiger partial charge in [0.15, 0.2) is 5.11 Å². The fourth-order valence-corrected chi connectivity index (χ4v) is 0.579. The Morgan fingerprint density at radius 1 is 1.56 bits per heavy atom. The summed E-state index contributed by atoms with van der Waals surface area (Å²) in [6, 6.07) is 0. The molecule has 0 rings (SSSR count). The molecular formula is C5H13N3S. The topological polar surface area (TPSA) is 50.1 Å². The normalized spacial score (nSPS) is 9.00. The zero-order chi connectivity index (χ0) is 7.11. The molecule has 4 N–H and O–H groups in total. The van der Waals surface area contributed by atoms with Gasteiger partial charge >= 0.3 is 0 Å². The van der Waals surface area contributed by atoms with Crippen molar-refractivity contribution in [3.8, 4) is 0 Å². The van der Waals surface area contributed by atoms with E-state index >= 15 is 0 Å². The molecule has 0 saturated carbocycles. The van der Waals surface area contributed by atoms with Crippen LogP contribution in [-0.4, -0.2) is 25.2 Å². The number of nitrogens with one attached hydrogen (secondary N) is 2. The van der Waals surface area contributed by atoms with Crippen LogP contribution in [0, 0.1) is 0 Å². The highest BCUT2D eigenvalue weighted by molar-refractivity contribution is 7.80. The lowest BCUT2D eigenvalue weighted by molar-refractivity contribution is 0.705. The maximum Gasteiger partial charge on any atom is 0.163 e. The zero-order valence-electron chi connectivity index (χ0n) is 5.61. The fraction of sp³-hybridized carbons (Fsp3) is 0.800. The van der Waals surface area contributed by atoms with Crippen LogP contribution in [0.4, 0.5) is 0 Å². The summed E-state index contributed by atoms with van der Waals surface area (Å²) in [5.74, 6) is 0. The summed E-state index contributed by atoms with van der Waals surface area (Å²) in [5.41, 5.74) is 5.17. The molecule has 0 amide bonds. The maximum absolute atomic E-state index is 5.17. The van der Waals surface area contributed by atoms with E-state index in [2.05, 4.69) is 22.9 Å². The molecule has 0 aromatic heterocycles.